The Morgan fingerprint density at radius 2 is 1.85 bits per heavy atom. The molecule has 2 aromatic carbocycles. The first-order valence-electron chi connectivity index (χ1n) is 12.1. The lowest BCUT2D eigenvalue weighted by Crippen LogP contribution is -2.50. The summed E-state index contributed by atoms with van der Waals surface area (Å²) in [4.78, 5) is 28.0. The number of ether oxygens (including phenoxy) is 1. The zero-order valence-corrected chi connectivity index (χ0v) is 23.0. The van der Waals surface area contributed by atoms with Gasteiger partial charge in [-0.2, -0.15) is 0 Å². The minimum absolute atomic E-state index is 0.0148. The number of nitrogens with one attached hydrogen (secondary N) is 1. The molecular weight excluding hydrogens is 492 g/mol. The number of carbonyl (C=O) groups excluding carboxylic acids is 2. The van der Waals surface area contributed by atoms with Crippen LogP contribution in [0, 0.1) is 6.92 Å². The molecule has 2 aromatic rings. The summed E-state index contributed by atoms with van der Waals surface area (Å²) in [5.74, 6) is 0.274. The monoisotopic (exact) mass is 530 g/mol. The Kier molecular flexibility index (Phi) is 10.6. The van der Waals surface area contributed by atoms with Crippen molar-refractivity contribution in [3.8, 4) is 5.75 Å². The van der Waals surface area contributed by atoms with Crippen molar-refractivity contribution in [2.45, 2.75) is 78.8 Å². The number of rotatable bonds is 11. The van der Waals surface area contributed by atoms with Gasteiger partial charge in [0, 0.05) is 13.1 Å². The highest BCUT2D eigenvalue weighted by Gasteiger charge is 2.29. The third-order valence-electron chi connectivity index (χ3n) is 5.80. The van der Waals surface area contributed by atoms with Crippen molar-refractivity contribution in [1.29, 1.82) is 0 Å². The van der Waals surface area contributed by atoms with E-state index in [2.05, 4.69) is 48.9 Å². The highest BCUT2D eigenvalue weighted by atomic mass is 79.9. The Labute approximate surface area is 213 Å². The molecule has 1 atom stereocenters. The number of nitrogens with zero attached hydrogens (tertiary/aromatic N) is 1. The van der Waals surface area contributed by atoms with Crippen LogP contribution in [0.1, 0.15) is 70.6 Å². The molecule has 0 spiro atoms. The Morgan fingerprint density at radius 1 is 1.12 bits per heavy atom. The lowest BCUT2D eigenvalue weighted by Gasteiger charge is -2.30. The maximum absolute atomic E-state index is 13.4. The molecule has 0 heterocycles. The molecule has 0 saturated heterocycles. The van der Waals surface area contributed by atoms with E-state index in [4.69, 9.17) is 4.74 Å². The Balaban J connectivity index is 2.21. The average molecular weight is 532 g/mol. The molecule has 0 aliphatic carbocycles. The summed E-state index contributed by atoms with van der Waals surface area (Å²) in [5, 5.41) is 2.99. The van der Waals surface area contributed by atoms with Gasteiger partial charge in [0.1, 0.15) is 11.8 Å². The van der Waals surface area contributed by atoms with E-state index < -0.39 is 6.04 Å². The zero-order chi connectivity index (χ0) is 25.3. The van der Waals surface area contributed by atoms with E-state index in [1.54, 1.807) is 4.90 Å². The second kappa shape index (κ2) is 12.9. The van der Waals surface area contributed by atoms with E-state index in [0.717, 1.165) is 28.4 Å². The van der Waals surface area contributed by atoms with Gasteiger partial charge in [-0.15, -0.1) is 0 Å². The molecule has 2 amide bonds. The van der Waals surface area contributed by atoms with Gasteiger partial charge in [0.05, 0.1) is 4.47 Å². The Morgan fingerprint density at radius 3 is 2.44 bits per heavy atom. The highest BCUT2D eigenvalue weighted by molar-refractivity contribution is 9.10. The fraction of sp³-hybridized carbons (Fsp3) is 0.500. The summed E-state index contributed by atoms with van der Waals surface area (Å²) >= 11 is 3.58. The van der Waals surface area contributed by atoms with E-state index in [0.29, 0.717) is 25.3 Å². The van der Waals surface area contributed by atoms with E-state index in [1.807, 2.05) is 56.3 Å². The third-order valence-corrected chi connectivity index (χ3v) is 6.42. The van der Waals surface area contributed by atoms with E-state index in [9.17, 15) is 9.59 Å². The van der Waals surface area contributed by atoms with Crippen molar-refractivity contribution >= 4 is 27.7 Å². The topological polar surface area (TPSA) is 58.6 Å². The van der Waals surface area contributed by atoms with E-state index in [1.165, 1.54) is 5.56 Å². The van der Waals surface area contributed by atoms with Crippen molar-refractivity contribution in [3.05, 3.63) is 63.6 Å². The molecule has 2 rings (SSSR count). The number of halogens is 1. The summed E-state index contributed by atoms with van der Waals surface area (Å²) in [6, 6.07) is 13.4. The van der Waals surface area contributed by atoms with Crippen LogP contribution in [0.2, 0.25) is 0 Å². The first-order valence-corrected chi connectivity index (χ1v) is 12.9. The van der Waals surface area contributed by atoms with Crippen molar-refractivity contribution in [2.75, 3.05) is 13.2 Å². The van der Waals surface area contributed by atoms with Gasteiger partial charge in [-0.25, -0.2) is 0 Å². The highest BCUT2D eigenvalue weighted by Crippen LogP contribution is 2.31. The van der Waals surface area contributed by atoms with Crippen LogP contribution in [-0.4, -0.2) is 35.9 Å². The Hall–Kier alpha value is -2.34. The van der Waals surface area contributed by atoms with Gasteiger partial charge in [-0.05, 0) is 64.4 Å². The number of amides is 2. The lowest BCUT2D eigenvalue weighted by atomic mass is 9.87. The van der Waals surface area contributed by atoms with Crippen LogP contribution in [0.15, 0.2) is 46.9 Å². The second-order valence-corrected chi connectivity index (χ2v) is 10.6. The number of carbonyl (C=O) groups is 2. The fourth-order valence-electron chi connectivity index (χ4n) is 3.74. The fourth-order valence-corrected chi connectivity index (χ4v) is 4.23. The molecule has 0 saturated carbocycles. The van der Waals surface area contributed by atoms with E-state index in [-0.39, 0.29) is 23.8 Å². The van der Waals surface area contributed by atoms with E-state index >= 15 is 0 Å². The molecule has 0 radical (unpaired) electrons. The number of benzene rings is 2. The molecule has 0 aromatic heterocycles. The van der Waals surface area contributed by atoms with Crippen LogP contribution in [0.25, 0.3) is 0 Å². The van der Waals surface area contributed by atoms with Crippen LogP contribution in [0.5, 0.6) is 5.75 Å². The van der Waals surface area contributed by atoms with Gasteiger partial charge in [0.15, 0.2) is 6.61 Å². The molecule has 0 fully saturated rings. The predicted octanol–water partition coefficient (Wildman–Crippen LogP) is 6.16. The van der Waals surface area contributed by atoms with Crippen LogP contribution in [0.3, 0.4) is 0 Å². The minimum Gasteiger partial charge on any atom is -0.483 e. The summed E-state index contributed by atoms with van der Waals surface area (Å²) in [5.41, 5.74) is 3.29. The largest absolute Gasteiger partial charge is 0.483 e. The predicted molar refractivity (Wildman–Crippen MR) is 142 cm³/mol. The van der Waals surface area contributed by atoms with Crippen LogP contribution in [0.4, 0.5) is 0 Å². The van der Waals surface area contributed by atoms with Gasteiger partial charge in [-0.3, -0.25) is 9.59 Å². The molecule has 5 nitrogen and oxygen atoms in total. The first kappa shape index (κ1) is 27.9. The lowest BCUT2D eigenvalue weighted by molar-refractivity contribution is -0.143. The van der Waals surface area contributed by atoms with Crippen LogP contribution in [-0.2, 0) is 21.5 Å². The molecule has 0 bridgehead atoms. The number of aryl methyl sites for hydroxylation is 1. The normalized spacial score (nSPS) is 12.2. The van der Waals surface area contributed by atoms with Gasteiger partial charge in [0.2, 0.25) is 5.91 Å². The quantitative estimate of drug-likeness (QED) is 0.354. The first-order chi connectivity index (χ1) is 16.1. The van der Waals surface area contributed by atoms with Crippen LogP contribution < -0.4 is 10.1 Å². The maximum atomic E-state index is 13.4. The summed E-state index contributed by atoms with van der Waals surface area (Å²) in [7, 11) is 0. The maximum Gasteiger partial charge on any atom is 0.261 e. The minimum atomic E-state index is -0.555. The molecule has 186 valence electrons. The third kappa shape index (κ3) is 8.15. The van der Waals surface area contributed by atoms with Crippen LogP contribution >= 0.6 is 15.9 Å². The number of unbranched alkanes of at least 4 members (excludes halogenated alkanes) is 1. The van der Waals surface area contributed by atoms with Gasteiger partial charge < -0.3 is 15.0 Å². The zero-order valence-electron chi connectivity index (χ0n) is 21.4. The molecule has 0 unspecified atom stereocenters. The molecular formula is C28H39BrN2O3. The second-order valence-electron chi connectivity index (χ2n) is 9.76. The van der Waals surface area contributed by atoms with Gasteiger partial charge in [-0.1, -0.05) is 76.9 Å². The Bertz CT molecular complexity index is 968. The van der Waals surface area contributed by atoms with Crippen molar-refractivity contribution in [2.24, 2.45) is 0 Å². The summed E-state index contributed by atoms with van der Waals surface area (Å²) in [6.07, 6.45) is 2.44. The van der Waals surface area contributed by atoms with Crippen molar-refractivity contribution < 1.29 is 14.3 Å². The molecule has 34 heavy (non-hydrogen) atoms. The van der Waals surface area contributed by atoms with Crippen molar-refractivity contribution in [3.63, 3.8) is 0 Å². The number of hydrogen-bond donors (Lipinski definition) is 1. The summed E-state index contributed by atoms with van der Waals surface area (Å²) in [6.45, 7) is 13.3. The number of hydrogen-bond acceptors (Lipinski definition) is 3. The average Bonchev–Trinajstić information content (AvgIpc) is 2.77. The molecule has 1 N–H and O–H groups in total. The molecule has 6 heteroatoms. The SMILES string of the molecule is CCCCNC(=O)[C@@H](CC)N(Cc1cccc(C)c1)C(=O)COc1ccc(C(C)(C)C)cc1Br. The summed E-state index contributed by atoms with van der Waals surface area (Å²) < 4.78 is 6.72. The molecule has 0 aliphatic rings. The smallest absolute Gasteiger partial charge is 0.261 e. The van der Waals surface area contributed by atoms with Gasteiger partial charge in [0.25, 0.3) is 5.91 Å². The van der Waals surface area contributed by atoms with Crippen molar-refractivity contribution in [1.82, 2.24) is 10.2 Å². The molecule has 0 aliphatic heterocycles. The standard InChI is InChI=1S/C28H39BrN2O3/c1-7-9-15-30-27(33)24(8-2)31(18-21-12-10-11-20(3)16-21)26(32)19-34-25-14-13-22(17-23(25)29)28(4,5)6/h10-14,16-17,24H,7-9,15,18-19H2,1-6H3,(H,30,33)/t24-/m1/s1. The van der Waals surface area contributed by atoms with Gasteiger partial charge >= 0.3 is 0 Å².